The van der Waals surface area contributed by atoms with Gasteiger partial charge in [-0.05, 0) is 30.5 Å². The zero-order valence-corrected chi connectivity index (χ0v) is 6.89. The molecule has 0 aliphatic heterocycles. The molecule has 1 aromatic rings. The van der Waals surface area contributed by atoms with E-state index < -0.39 is 0 Å². The zero-order valence-electron chi connectivity index (χ0n) is 6.89. The van der Waals surface area contributed by atoms with Crippen molar-refractivity contribution in [2.45, 2.75) is 20.3 Å². The highest BCUT2D eigenvalue weighted by atomic mass is 15.0. The average Bonchev–Trinajstić information content (AvgIpc) is 2.05. The number of nitrogens with one attached hydrogen (secondary N) is 1. The molecule has 0 spiro atoms. The minimum Gasteiger partial charge on any atom is -0.204 e. The summed E-state index contributed by atoms with van der Waals surface area (Å²) in [4.78, 5) is 0. The van der Waals surface area contributed by atoms with Crippen LogP contribution in [0.1, 0.15) is 18.1 Å². The van der Waals surface area contributed by atoms with Gasteiger partial charge in [-0.1, -0.05) is 19.1 Å². The van der Waals surface area contributed by atoms with E-state index in [1.54, 1.807) is 0 Å². The molecule has 0 saturated carbocycles. The Morgan fingerprint density at radius 2 is 2.18 bits per heavy atom. The van der Waals surface area contributed by atoms with Gasteiger partial charge in [-0.3, -0.25) is 0 Å². The third kappa shape index (κ3) is 1.45. The van der Waals surface area contributed by atoms with Crippen molar-refractivity contribution >= 4 is 5.69 Å². The summed E-state index contributed by atoms with van der Waals surface area (Å²) in [7, 11) is 0. The lowest BCUT2D eigenvalue weighted by Gasteiger charge is -2.03. The van der Waals surface area contributed by atoms with Gasteiger partial charge in [0.25, 0.3) is 0 Å². The van der Waals surface area contributed by atoms with Crippen molar-refractivity contribution in [2.24, 2.45) is 5.11 Å². The first-order valence-electron chi connectivity index (χ1n) is 3.75. The number of hydrogen-bond donors (Lipinski definition) is 1. The van der Waals surface area contributed by atoms with Crippen molar-refractivity contribution in [3.63, 3.8) is 0 Å². The normalized spacial score (nSPS) is 9.64. The first-order chi connectivity index (χ1) is 5.29. The highest BCUT2D eigenvalue weighted by Crippen LogP contribution is 2.21. The van der Waals surface area contributed by atoms with E-state index in [1.807, 2.05) is 19.1 Å². The van der Waals surface area contributed by atoms with E-state index in [4.69, 9.17) is 5.53 Å². The number of rotatable bonds is 2. The maximum absolute atomic E-state index is 6.88. The van der Waals surface area contributed by atoms with E-state index in [9.17, 15) is 0 Å². The molecule has 1 N–H and O–H groups in total. The minimum absolute atomic E-state index is 0.782. The third-order valence-corrected chi connectivity index (χ3v) is 1.92. The summed E-state index contributed by atoms with van der Waals surface area (Å²) in [6.45, 7) is 4.11. The maximum Gasteiger partial charge on any atom is 0.0881 e. The highest BCUT2D eigenvalue weighted by molar-refractivity contribution is 5.48. The van der Waals surface area contributed by atoms with Crippen molar-refractivity contribution in [3.05, 3.63) is 29.3 Å². The van der Waals surface area contributed by atoms with Gasteiger partial charge in [0, 0.05) is 0 Å². The van der Waals surface area contributed by atoms with Crippen LogP contribution in [0.25, 0.3) is 0 Å². The number of hydrogen-bond acceptors (Lipinski definition) is 2. The minimum atomic E-state index is 0.782. The molecule has 0 heterocycles. The summed E-state index contributed by atoms with van der Waals surface area (Å²) in [5, 5.41) is 3.43. The van der Waals surface area contributed by atoms with Crippen molar-refractivity contribution < 1.29 is 0 Å². The molecule has 0 aliphatic carbocycles. The maximum atomic E-state index is 6.88. The van der Waals surface area contributed by atoms with Crippen molar-refractivity contribution in [2.75, 3.05) is 0 Å². The van der Waals surface area contributed by atoms with Gasteiger partial charge in [-0.25, -0.2) is 5.53 Å². The molecule has 2 nitrogen and oxygen atoms in total. The van der Waals surface area contributed by atoms with Gasteiger partial charge in [-0.15, -0.1) is 0 Å². The van der Waals surface area contributed by atoms with Crippen LogP contribution in [0.2, 0.25) is 0 Å². The summed E-state index contributed by atoms with van der Waals surface area (Å²) in [6.07, 6.45) is 1.01. The van der Waals surface area contributed by atoms with Crippen LogP contribution in [0.5, 0.6) is 0 Å². The molecule has 0 bridgehead atoms. The molecule has 0 fully saturated rings. The number of nitrogens with zero attached hydrogens (tertiary/aromatic N) is 1. The Kier molecular flexibility index (Phi) is 2.36. The Bertz CT molecular complexity index is 266. The molecule has 2 heteroatoms. The molecule has 1 aromatic carbocycles. The summed E-state index contributed by atoms with van der Waals surface area (Å²) >= 11 is 0. The zero-order chi connectivity index (χ0) is 8.27. The Morgan fingerprint density at radius 1 is 1.45 bits per heavy atom. The molecule has 58 valence electrons. The Labute approximate surface area is 66.8 Å². The van der Waals surface area contributed by atoms with Crippen LogP contribution in [0, 0.1) is 12.5 Å². The van der Waals surface area contributed by atoms with Crippen LogP contribution in [-0.4, -0.2) is 0 Å². The average molecular weight is 148 g/mol. The molecule has 0 unspecified atom stereocenters. The molecule has 0 aliphatic rings. The van der Waals surface area contributed by atoms with Crippen LogP contribution in [0.4, 0.5) is 5.69 Å². The quantitative estimate of drug-likeness (QED) is 0.625. The van der Waals surface area contributed by atoms with E-state index in [0.29, 0.717) is 0 Å². The monoisotopic (exact) mass is 148 g/mol. The fourth-order valence-corrected chi connectivity index (χ4v) is 1.17. The van der Waals surface area contributed by atoms with Crippen LogP contribution in [0.15, 0.2) is 23.3 Å². The van der Waals surface area contributed by atoms with Crippen LogP contribution >= 0.6 is 0 Å². The first-order valence-corrected chi connectivity index (χ1v) is 3.75. The van der Waals surface area contributed by atoms with Gasteiger partial charge in [0.2, 0.25) is 0 Å². The van der Waals surface area contributed by atoms with Crippen LogP contribution in [-0.2, 0) is 6.42 Å². The number of aryl methyl sites for hydroxylation is 1. The van der Waals surface area contributed by atoms with Gasteiger partial charge in [0.1, 0.15) is 0 Å². The van der Waals surface area contributed by atoms with Gasteiger partial charge >= 0.3 is 0 Å². The summed E-state index contributed by atoms with van der Waals surface area (Å²) in [6, 6.07) is 5.88. The van der Waals surface area contributed by atoms with E-state index >= 15 is 0 Å². The van der Waals surface area contributed by atoms with E-state index in [-0.39, 0.29) is 0 Å². The lowest BCUT2D eigenvalue weighted by Crippen LogP contribution is -1.84. The molecular formula is C9H12N2. The SMILES string of the molecule is CCc1cccc(N=N)c1C. The smallest absolute Gasteiger partial charge is 0.0881 e. The highest BCUT2D eigenvalue weighted by Gasteiger charge is 1.99. The molecular weight excluding hydrogens is 136 g/mol. The fourth-order valence-electron chi connectivity index (χ4n) is 1.17. The van der Waals surface area contributed by atoms with Gasteiger partial charge < -0.3 is 0 Å². The summed E-state index contributed by atoms with van der Waals surface area (Å²) in [5.74, 6) is 0. The fraction of sp³-hybridized carbons (Fsp3) is 0.333. The molecule has 0 amide bonds. The van der Waals surface area contributed by atoms with Gasteiger partial charge in [0.05, 0.1) is 5.69 Å². The molecule has 0 radical (unpaired) electrons. The van der Waals surface area contributed by atoms with E-state index in [1.165, 1.54) is 5.56 Å². The number of benzene rings is 1. The second-order valence-corrected chi connectivity index (χ2v) is 2.53. The predicted molar refractivity (Wildman–Crippen MR) is 45.4 cm³/mol. The summed E-state index contributed by atoms with van der Waals surface area (Å²) < 4.78 is 0. The first kappa shape index (κ1) is 7.92. The Hall–Kier alpha value is -1.18. The van der Waals surface area contributed by atoms with Crippen molar-refractivity contribution in [1.82, 2.24) is 0 Å². The molecule has 0 saturated heterocycles. The van der Waals surface area contributed by atoms with Crippen molar-refractivity contribution in [3.8, 4) is 0 Å². The van der Waals surface area contributed by atoms with E-state index in [2.05, 4.69) is 18.1 Å². The Morgan fingerprint density at radius 3 is 2.73 bits per heavy atom. The lowest BCUT2D eigenvalue weighted by atomic mass is 10.1. The molecule has 0 aromatic heterocycles. The topological polar surface area (TPSA) is 36.2 Å². The predicted octanol–water partition coefficient (Wildman–Crippen LogP) is 3.22. The third-order valence-electron chi connectivity index (χ3n) is 1.92. The van der Waals surface area contributed by atoms with Gasteiger partial charge in [0.15, 0.2) is 0 Å². The second-order valence-electron chi connectivity index (χ2n) is 2.53. The van der Waals surface area contributed by atoms with Crippen LogP contribution < -0.4 is 0 Å². The molecule has 0 atom stereocenters. The second kappa shape index (κ2) is 3.28. The van der Waals surface area contributed by atoms with E-state index in [0.717, 1.165) is 17.7 Å². The standard InChI is InChI=1S/C9H12N2/c1-3-8-5-4-6-9(11-10)7(8)2/h4-6,10H,3H2,1-2H3. The summed E-state index contributed by atoms with van der Waals surface area (Å²) in [5.41, 5.74) is 10.1. The lowest BCUT2D eigenvalue weighted by molar-refractivity contribution is 1.08. The van der Waals surface area contributed by atoms with Gasteiger partial charge in [-0.2, -0.15) is 5.11 Å². The molecule has 11 heavy (non-hydrogen) atoms. The molecule has 1 rings (SSSR count). The Balaban J connectivity index is 3.20. The van der Waals surface area contributed by atoms with Crippen LogP contribution in [0.3, 0.4) is 0 Å². The van der Waals surface area contributed by atoms with Crippen molar-refractivity contribution in [1.29, 1.82) is 5.53 Å². The largest absolute Gasteiger partial charge is 0.204 e.